The van der Waals surface area contributed by atoms with Crippen molar-refractivity contribution in [3.8, 4) is 6.07 Å². The molecule has 0 saturated carbocycles. The molecule has 27 heavy (non-hydrogen) atoms. The molecule has 0 heterocycles. The van der Waals surface area contributed by atoms with Crippen LogP contribution in [0.2, 0.25) is 0 Å². The van der Waals surface area contributed by atoms with Crippen molar-refractivity contribution in [2.75, 3.05) is 25.0 Å². The van der Waals surface area contributed by atoms with E-state index in [0.717, 1.165) is 12.1 Å². The molecular formula is C20H20F3N3O. The van der Waals surface area contributed by atoms with Crippen molar-refractivity contribution in [1.82, 2.24) is 4.90 Å². The number of nitrogens with zero attached hydrogens (tertiary/aromatic N) is 3. The van der Waals surface area contributed by atoms with Gasteiger partial charge in [0.05, 0.1) is 24.6 Å². The van der Waals surface area contributed by atoms with Gasteiger partial charge >= 0.3 is 6.18 Å². The van der Waals surface area contributed by atoms with Crippen molar-refractivity contribution in [3.63, 3.8) is 0 Å². The fourth-order valence-electron chi connectivity index (χ4n) is 2.65. The molecule has 0 aliphatic heterocycles. The van der Waals surface area contributed by atoms with Crippen molar-refractivity contribution in [2.24, 2.45) is 0 Å². The lowest BCUT2D eigenvalue weighted by Crippen LogP contribution is -2.39. The molecule has 0 radical (unpaired) electrons. The Morgan fingerprint density at radius 2 is 1.70 bits per heavy atom. The fraction of sp³-hybridized carbons (Fsp3) is 0.300. The Kier molecular flexibility index (Phi) is 6.97. The Bertz CT molecular complexity index is 783. The van der Waals surface area contributed by atoms with Gasteiger partial charge in [0.15, 0.2) is 0 Å². The number of anilines is 1. The van der Waals surface area contributed by atoms with E-state index < -0.39 is 11.7 Å². The number of hydrogen-bond donors (Lipinski definition) is 0. The number of carbonyl (C=O) groups is 1. The molecule has 2 rings (SSSR count). The van der Waals surface area contributed by atoms with Crippen molar-refractivity contribution in [3.05, 3.63) is 65.7 Å². The maximum Gasteiger partial charge on any atom is 0.416 e. The average molecular weight is 375 g/mol. The Morgan fingerprint density at radius 3 is 2.26 bits per heavy atom. The van der Waals surface area contributed by atoms with Crippen LogP contribution in [0.3, 0.4) is 0 Å². The molecule has 0 aromatic heterocycles. The molecular weight excluding hydrogens is 355 g/mol. The summed E-state index contributed by atoms with van der Waals surface area (Å²) in [5, 5.41) is 8.82. The van der Waals surface area contributed by atoms with Gasteiger partial charge in [0, 0.05) is 18.8 Å². The monoisotopic (exact) mass is 375 g/mol. The van der Waals surface area contributed by atoms with Crippen LogP contribution in [-0.2, 0) is 17.5 Å². The molecule has 1 amide bonds. The number of nitriles is 1. The summed E-state index contributed by atoms with van der Waals surface area (Å²) in [5.74, 6) is -0.175. The van der Waals surface area contributed by atoms with Gasteiger partial charge in [-0.3, -0.25) is 9.69 Å². The van der Waals surface area contributed by atoms with Crippen molar-refractivity contribution >= 4 is 11.6 Å². The molecule has 0 fully saturated rings. The smallest absolute Gasteiger partial charge is 0.310 e. The van der Waals surface area contributed by atoms with Crippen molar-refractivity contribution < 1.29 is 18.0 Å². The van der Waals surface area contributed by atoms with Crippen LogP contribution in [-0.4, -0.2) is 30.9 Å². The third-order valence-corrected chi connectivity index (χ3v) is 3.96. The van der Waals surface area contributed by atoms with Crippen LogP contribution in [0.1, 0.15) is 17.5 Å². The first-order valence-electron chi connectivity index (χ1n) is 8.38. The van der Waals surface area contributed by atoms with Crippen LogP contribution in [0, 0.1) is 11.3 Å². The predicted octanol–water partition coefficient (Wildman–Crippen LogP) is 4.08. The van der Waals surface area contributed by atoms with E-state index in [1.54, 1.807) is 29.0 Å². The lowest BCUT2D eigenvalue weighted by atomic mass is 10.1. The van der Waals surface area contributed by atoms with Gasteiger partial charge in [0.2, 0.25) is 5.91 Å². The highest BCUT2D eigenvalue weighted by molar-refractivity contribution is 5.94. The van der Waals surface area contributed by atoms with E-state index in [4.69, 9.17) is 5.26 Å². The van der Waals surface area contributed by atoms with Crippen LogP contribution in [0.15, 0.2) is 54.6 Å². The number of likely N-dealkylation sites (N-methyl/N-ethyl adjacent to an activating group) is 1. The van der Waals surface area contributed by atoms with Crippen LogP contribution in [0.5, 0.6) is 0 Å². The third kappa shape index (κ3) is 6.12. The number of benzene rings is 2. The van der Waals surface area contributed by atoms with Gasteiger partial charge < -0.3 is 4.90 Å². The average Bonchev–Trinajstić information content (AvgIpc) is 2.62. The largest absolute Gasteiger partial charge is 0.416 e. The molecule has 0 saturated heterocycles. The third-order valence-electron chi connectivity index (χ3n) is 3.96. The summed E-state index contributed by atoms with van der Waals surface area (Å²) >= 11 is 0. The molecule has 4 nitrogen and oxygen atoms in total. The normalized spacial score (nSPS) is 11.3. The second-order valence-electron chi connectivity index (χ2n) is 6.16. The summed E-state index contributed by atoms with van der Waals surface area (Å²) in [6, 6.07) is 16.0. The highest BCUT2D eigenvalue weighted by Gasteiger charge is 2.30. The molecule has 0 N–H and O–H groups in total. The summed E-state index contributed by atoms with van der Waals surface area (Å²) in [6.45, 7) is 0.708. The van der Waals surface area contributed by atoms with Crippen LogP contribution >= 0.6 is 0 Å². The van der Waals surface area contributed by atoms with Gasteiger partial charge in [-0.15, -0.1) is 0 Å². The molecule has 0 unspecified atom stereocenters. The van der Waals surface area contributed by atoms with Gasteiger partial charge in [-0.05, 0) is 36.9 Å². The molecule has 2 aromatic carbocycles. The summed E-state index contributed by atoms with van der Waals surface area (Å²) in [7, 11) is 1.73. The fourth-order valence-corrected chi connectivity index (χ4v) is 2.65. The lowest BCUT2D eigenvalue weighted by molar-refractivity contribution is -0.137. The first-order chi connectivity index (χ1) is 12.8. The van der Waals surface area contributed by atoms with Gasteiger partial charge in [-0.1, -0.05) is 30.3 Å². The van der Waals surface area contributed by atoms with Crippen LogP contribution in [0.25, 0.3) is 0 Å². The van der Waals surface area contributed by atoms with Crippen LogP contribution < -0.4 is 4.90 Å². The predicted molar refractivity (Wildman–Crippen MR) is 96.8 cm³/mol. The van der Waals surface area contributed by atoms with Gasteiger partial charge in [-0.25, -0.2) is 0 Å². The van der Waals surface area contributed by atoms with Gasteiger partial charge in [0.1, 0.15) is 0 Å². The van der Waals surface area contributed by atoms with Crippen molar-refractivity contribution in [1.29, 1.82) is 5.26 Å². The van der Waals surface area contributed by atoms with Gasteiger partial charge in [0.25, 0.3) is 0 Å². The Morgan fingerprint density at radius 1 is 1.07 bits per heavy atom. The zero-order chi connectivity index (χ0) is 19.9. The molecule has 2 aromatic rings. The number of carbonyl (C=O) groups excluding carboxylic acids is 1. The summed E-state index contributed by atoms with van der Waals surface area (Å²) in [4.78, 5) is 15.9. The zero-order valence-corrected chi connectivity index (χ0v) is 14.9. The van der Waals surface area contributed by atoms with E-state index in [1.807, 2.05) is 24.3 Å². The molecule has 0 bridgehead atoms. The molecule has 0 aliphatic rings. The highest BCUT2D eigenvalue weighted by Crippen LogP contribution is 2.29. The first kappa shape index (κ1) is 20.5. The Hall–Kier alpha value is -2.85. The van der Waals surface area contributed by atoms with Gasteiger partial charge in [-0.2, -0.15) is 18.4 Å². The molecule has 0 spiro atoms. The number of para-hydroxylation sites is 1. The Balaban J connectivity index is 2.01. The summed E-state index contributed by atoms with van der Waals surface area (Å²) in [6.07, 6.45) is -4.15. The van der Waals surface area contributed by atoms with Crippen molar-refractivity contribution in [2.45, 2.75) is 19.1 Å². The minimum Gasteiger partial charge on any atom is -0.310 e. The topological polar surface area (TPSA) is 47.3 Å². The number of alkyl halides is 3. The minimum absolute atomic E-state index is 0.0847. The second-order valence-corrected chi connectivity index (χ2v) is 6.16. The zero-order valence-electron chi connectivity index (χ0n) is 14.9. The number of rotatable bonds is 7. The molecule has 0 aliphatic carbocycles. The van der Waals surface area contributed by atoms with E-state index in [1.165, 1.54) is 12.1 Å². The minimum atomic E-state index is -4.36. The van der Waals surface area contributed by atoms with E-state index in [0.29, 0.717) is 17.8 Å². The highest BCUT2D eigenvalue weighted by atomic mass is 19.4. The quantitative estimate of drug-likeness (QED) is 0.733. The second kappa shape index (κ2) is 9.19. The summed E-state index contributed by atoms with van der Waals surface area (Å²) < 4.78 is 37.9. The standard InChI is InChI=1S/C20H20F3N3O/c1-25(14-16-8-10-17(11-9-16)20(21,22)23)15-19(27)26(13-5-12-24)18-6-3-2-4-7-18/h2-4,6-11H,5,13-15H2,1H3. The molecule has 0 atom stereocenters. The van der Waals surface area contributed by atoms with E-state index in [2.05, 4.69) is 0 Å². The summed E-state index contributed by atoms with van der Waals surface area (Å²) in [5.41, 5.74) is 0.694. The number of halogens is 3. The van der Waals surface area contributed by atoms with E-state index in [-0.39, 0.29) is 25.4 Å². The maximum atomic E-state index is 12.7. The molecule has 142 valence electrons. The van der Waals surface area contributed by atoms with E-state index in [9.17, 15) is 18.0 Å². The molecule has 7 heteroatoms. The van der Waals surface area contributed by atoms with E-state index >= 15 is 0 Å². The SMILES string of the molecule is CN(CC(=O)N(CCC#N)c1ccccc1)Cc1ccc(C(F)(F)F)cc1. The number of hydrogen-bond acceptors (Lipinski definition) is 3. The first-order valence-corrected chi connectivity index (χ1v) is 8.38. The Labute approximate surface area is 156 Å². The lowest BCUT2D eigenvalue weighted by Gasteiger charge is -2.25. The van der Waals surface area contributed by atoms with Crippen LogP contribution in [0.4, 0.5) is 18.9 Å². The number of amides is 1. The maximum absolute atomic E-state index is 12.7.